The summed E-state index contributed by atoms with van der Waals surface area (Å²) in [5, 5.41) is 10.7. The Bertz CT molecular complexity index is 1580. The van der Waals surface area contributed by atoms with E-state index < -0.39 is 5.82 Å². The van der Waals surface area contributed by atoms with E-state index in [1.165, 1.54) is 70.1 Å². The second-order valence-corrected chi connectivity index (χ2v) is 14.5. The highest BCUT2D eigenvalue weighted by molar-refractivity contribution is 6.31. The molecule has 0 radical (unpaired) electrons. The molecule has 47 heavy (non-hydrogen) atoms. The van der Waals surface area contributed by atoms with Crippen molar-refractivity contribution >= 4 is 45.6 Å². The second kappa shape index (κ2) is 14.9. The minimum Gasteiger partial charge on any atom is -0.491 e. The maximum absolute atomic E-state index is 13.8. The van der Waals surface area contributed by atoms with E-state index in [4.69, 9.17) is 16.3 Å². The number of nitrogens with zero attached hydrogens (tertiary/aromatic N) is 3. The fourth-order valence-corrected chi connectivity index (χ4v) is 8.02. The Morgan fingerprint density at radius 2 is 2.00 bits per heavy atom. The molecular formula is C37H48ClFN6O2. The summed E-state index contributed by atoms with van der Waals surface area (Å²) in [5.41, 5.74) is 2.34. The lowest BCUT2D eigenvalue weighted by atomic mass is 9.57. The van der Waals surface area contributed by atoms with E-state index in [9.17, 15) is 9.18 Å². The monoisotopic (exact) mass is 662 g/mol. The van der Waals surface area contributed by atoms with Gasteiger partial charge in [-0.15, -0.1) is 0 Å². The van der Waals surface area contributed by atoms with Crippen LogP contribution < -0.4 is 20.7 Å². The molecule has 1 saturated carbocycles. The van der Waals surface area contributed by atoms with Crippen molar-refractivity contribution in [2.75, 3.05) is 37.4 Å². The summed E-state index contributed by atoms with van der Waals surface area (Å²) >= 11 is 6.02. The fourth-order valence-electron chi connectivity index (χ4n) is 7.84. The van der Waals surface area contributed by atoms with E-state index in [0.717, 1.165) is 19.3 Å². The number of halogens is 2. The number of likely N-dealkylation sites (tertiary alicyclic amines) is 1. The van der Waals surface area contributed by atoms with Crippen molar-refractivity contribution in [2.45, 2.75) is 83.7 Å². The van der Waals surface area contributed by atoms with Crippen LogP contribution in [0.4, 0.5) is 21.6 Å². The van der Waals surface area contributed by atoms with Gasteiger partial charge in [-0.3, -0.25) is 4.79 Å². The number of anilines is 3. The lowest BCUT2D eigenvalue weighted by Gasteiger charge is -2.52. The zero-order chi connectivity index (χ0) is 33.0. The molecule has 3 aliphatic rings. The molecule has 252 valence electrons. The normalized spacial score (nSPS) is 23.0. The molecule has 6 rings (SSSR count). The Balaban J connectivity index is 1.16. The largest absolute Gasteiger partial charge is 0.491 e. The molecule has 3 heterocycles. The maximum atomic E-state index is 13.8. The van der Waals surface area contributed by atoms with E-state index in [2.05, 4.69) is 51.7 Å². The van der Waals surface area contributed by atoms with Crippen LogP contribution in [0.5, 0.6) is 5.75 Å². The molecule has 3 fully saturated rings. The highest BCUT2D eigenvalue weighted by Gasteiger charge is 2.44. The number of aromatic nitrogens is 2. The Labute approximate surface area is 282 Å². The molecule has 1 amide bonds. The molecule has 3 atom stereocenters. The van der Waals surface area contributed by atoms with E-state index in [0.29, 0.717) is 69.8 Å². The molecule has 2 saturated heterocycles. The molecule has 10 heteroatoms. The molecule has 1 spiro atoms. The zero-order valence-electron chi connectivity index (χ0n) is 27.8. The van der Waals surface area contributed by atoms with Gasteiger partial charge in [0, 0.05) is 29.2 Å². The minimum absolute atomic E-state index is 0.0145. The Hall–Kier alpha value is -3.27. The Morgan fingerprint density at radius 1 is 1.19 bits per heavy atom. The van der Waals surface area contributed by atoms with E-state index in [-0.39, 0.29) is 10.9 Å². The number of ether oxygens (including phenoxy) is 1. The van der Waals surface area contributed by atoms with Crippen LogP contribution in [0.15, 0.2) is 48.8 Å². The Kier molecular flexibility index (Phi) is 10.6. The number of hydrogen-bond acceptors (Lipinski definition) is 7. The first kappa shape index (κ1) is 33.6. The van der Waals surface area contributed by atoms with Gasteiger partial charge in [-0.2, -0.15) is 0 Å². The van der Waals surface area contributed by atoms with Crippen molar-refractivity contribution in [1.29, 1.82) is 0 Å². The number of rotatable bonds is 12. The topological polar surface area (TPSA) is 91.4 Å². The average Bonchev–Trinajstić information content (AvgIpc) is 3.38. The van der Waals surface area contributed by atoms with Gasteiger partial charge in [0.15, 0.2) is 0 Å². The summed E-state index contributed by atoms with van der Waals surface area (Å²) in [6.07, 6.45) is 15.6. The SMILES string of the molecule is CCCC1CC(C/C=C/C(=O)Nc2cc3c(Nc4ccc(F)c(Cl)c4)ncnc3cc2OCCC2CC3(CCN(C)CC3)C2)C(C)N1. The molecule has 1 aromatic heterocycles. The van der Waals surface area contributed by atoms with Crippen molar-refractivity contribution in [3.63, 3.8) is 0 Å². The summed E-state index contributed by atoms with van der Waals surface area (Å²) in [5.74, 6) is 1.58. The summed E-state index contributed by atoms with van der Waals surface area (Å²) in [6, 6.07) is 9.12. The minimum atomic E-state index is -0.493. The summed E-state index contributed by atoms with van der Waals surface area (Å²) in [7, 11) is 2.21. The van der Waals surface area contributed by atoms with Crippen LogP contribution in [0.2, 0.25) is 5.02 Å². The van der Waals surface area contributed by atoms with Gasteiger partial charge in [-0.25, -0.2) is 14.4 Å². The number of amides is 1. The van der Waals surface area contributed by atoms with Crippen LogP contribution in [-0.4, -0.2) is 59.6 Å². The van der Waals surface area contributed by atoms with Crippen LogP contribution in [0.25, 0.3) is 10.9 Å². The van der Waals surface area contributed by atoms with Crippen LogP contribution in [0.3, 0.4) is 0 Å². The van der Waals surface area contributed by atoms with Gasteiger partial charge in [-0.1, -0.05) is 31.0 Å². The highest BCUT2D eigenvalue weighted by atomic mass is 35.5. The van der Waals surface area contributed by atoms with Crippen molar-refractivity contribution in [3.05, 3.63) is 59.7 Å². The van der Waals surface area contributed by atoms with Crippen molar-refractivity contribution in [3.8, 4) is 5.75 Å². The molecule has 1 aliphatic carbocycles. The number of carbonyl (C=O) groups is 1. The molecule has 8 nitrogen and oxygen atoms in total. The van der Waals surface area contributed by atoms with Gasteiger partial charge < -0.3 is 25.6 Å². The summed E-state index contributed by atoms with van der Waals surface area (Å²) in [4.78, 5) is 24.6. The van der Waals surface area contributed by atoms with Crippen LogP contribution in [0, 0.1) is 23.1 Å². The highest BCUT2D eigenvalue weighted by Crippen LogP contribution is 2.53. The number of fused-ring (bicyclic) bond motifs is 1. The third-order valence-electron chi connectivity index (χ3n) is 10.6. The third-order valence-corrected chi connectivity index (χ3v) is 10.9. The molecule has 3 unspecified atom stereocenters. The number of piperidine rings is 1. The standard InChI is InChI=1S/C37H48ClFN6O2/c1-4-6-27-17-26(24(2)42-27)7-5-8-35(46)44-33-19-29-32(40-23-41-36(29)43-28-9-10-31(39)30(38)18-28)20-34(33)47-16-11-25-21-37(22-25)12-14-45(3)15-13-37/h5,8-10,18-20,23-27,42H,4,6-7,11-17,21-22H2,1-3H3,(H,44,46)(H,40,41,43)/b8-5+. The van der Waals surface area contributed by atoms with E-state index >= 15 is 0 Å². The van der Waals surface area contributed by atoms with Gasteiger partial charge in [-0.05, 0) is 126 Å². The smallest absolute Gasteiger partial charge is 0.248 e. The number of benzene rings is 2. The first-order valence-corrected chi connectivity index (χ1v) is 17.6. The van der Waals surface area contributed by atoms with Crippen molar-refractivity contribution in [1.82, 2.24) is 20.2 Å². The van der Waals surface area contributed by atoms with Gasteiger partial charge in [0.05, 0.1) is 22.8 Å². The summed E-state index contributed by atoms with van der Waals surface area (Å²) < 4.78 is 20.2. The van der Waals surface area contributed by atoms with Gasteiger partial charge in [0.1, 0.15) is 23.7 Å². The first-order chi connectivity index (χ1) is 22.7. The van der Waals surface area contributed by atoms with Crippen LogP contribution in [-0.2, 0) is 4.79 Å². The van der Waals surface area contributed by atoms with Gasteiger partial charge in [0.2, 0.25) is 5.91 Å². The predicted molar refractivity (Wildman–Crippen MR) is 188 cm³/mol. The lowest BCUT2D eigenvalue weighted by molar-refractivity contribution is -0.111. The van der Waals surface area contributed by atoms with Crippen molar-refractivity contribution in [2.24, 2.45) is 17.3 Å². The number of hydrogen-bond donors (Lipinski definition) is 3. The zero-order valence-corrected chi connectivity index (χ0v) is 28.6. The number of carbonyl (C=O) groups excluding carboxylic acids is 1. The lowest BCUT2D eigenvalue weighted by Crippen LogP contribution is -2.46. The van der Waals surface area contributed by atoms with Gasteiger partial charge >= 0.3 is 0 Å². The first-order valence-electron chi connectivity index (χ1n) is 17.3. The average molecular weight is 663 g/mol. The second-order valence-electron chi connectivity index (χ2n) is 14.1. The number of allylic oxidation sites excluding steroid dienone is 1. The third kappa shape index (κ3) is 8.24. The van der Waals surface area contributed by atoms with Crippen molar-refractivity contribution < 1.29 is 13.9 Å². The maximum Gasteiger partial charge on any atom is 0.248 e. The van der Waals surface area contributed by atoms with E-state index in [1.807, 2.05) is 18.2 Å². The molecule has 2 aliphatic heterocycles. The summed E-state index contributed by atoms with van der Waals surface area (Å²) in [6.45, 7) is 7.41. The predicted octanol–water partition coefficient (Wildman–Crippen LogP) is 8.11. The fraction of sp³-hybridized carbons (Fsp3) is 0.541. The quantitative estimate of drug-likeness (QED) is 0.169. The van der Waals surface area contributed by atoms with Crippen LogP contribution >= 0.6 is 11.6 Å². The Morgan fingerprint density at radius 3 is 2.77 bits per heavy atom. The molecule has 3 aromatic rings. The molecule has 0 bridgehead atoms. The van der Waals surface area contributed by atoms with Gasteiger partial charge in [0.25, 0.3) is 0 Å². The van der Waals surface area contributed by atoms with E-state index in [1.54, 1.807) is 12.1 Å². The molecule has 3 N–H and O–H groups in total. The van der Waals surface area contributed by atoms with Crippen LogP contribution in [0.1, 0.15) is 71.6 Å². The number of nitrogens with one attached hydrogen (secondary N) is 3. The molecule has 2 aromatic carbocycles. The molecular weight excluding hydrogens is 615 g/mol.